The molecule has 152 valence electrons. The van der Waals surface area contributed by atoms with Crippen LogP contribution < -0.4 is 4.74 Å². The molecule has 0 N–H and O–H groups in total. The maximum Gasteiger partial charge on any atom is 0.126 e. The van der Waals surface area contributed by atoms with E-state index in [2.05, 4.69) is 81.0 Å². The highest BCUT2D eigenvalue weighted by molar-refractivity contribution is 5.39. The van der Waals surface area contributed by atoms with Crippen molar-refractivity contribution in [1.82, 2.24) is 4.90 Å². The second-order valence-corrected chi connectivity index (χ2v) is 9.12. The van der Waals surface area contributed by atoms with Crippen LogP contribution in [0.5, 0.6) is 5.75 Å². The minimum atomic E-state index is -0.421. The van der Waals surface area contributed by atoms with Crippen molar-refractivity contribution in [3.05, 3.63) is 65.7 Å². The van der Waals surface area contributed by atoms with Crippen LogP contribution in [0.25, 0.3) is 0 Å². The van der Waals surface area contributed by atoms with Crippen molar-refractivity contribution < 1.29 is 9.47 Å². The molecule has 0 saturated carbocycles. The molecule has 2 aliphatic rings. The van der Waals surface area contributed by atoms with E-state index in [0.717, 1.165) is 37.2 Å². The Kier molecular flexibility index (Phi) is 5.42. The Labute approximate surface area is 175 Å². The van der Waals surface area contributed by atoms with Crippen molar-refractivity contribution in [3.63, 3.8) is 0 Å². The SMILES string of the molecule is CN(CC#C[C@@]1(C)CC[C@H]2[C@H](O1)c1ccccc1OC2(C)C)Cc1ccccc1. The predicted molar refractivity (Wildman–Crippen MR) is 117 cm³/mol. The smallest absolute Gasteiger partial charge is 0.126 e. The Balaban J connectivity index is 1.46. The second kappa shape index (κ2) is 7.86. The minimum absolute atomic E-state index is 0.0325. The number of rotatable bonds is 3. The van der Waals surface area contributed by atoms with Gasteiger partial charge in [-0.2, -0.15) is 0 Å². The van der Waals surface area contributed by atoms with Gasteiger partial charge in [0.25, 0.3) is 0 Å². The van der Waals surface area contributed by atoms with E-state index in [1.54, 1.807) is 0 Å². The zero-order chi connectivity index (χ0) is 20.5. The van der Waals surface area contributed by atoms with Crippen LogP contribution in [0.3, 0.4) is 0 Å². The summed E-state index contributed by atoms with van der Waals surface area (Å²) < 4.78 is 13.0. The molecule has 2 aromatic carbocycles. The maximum absolute atomic E-state index is 6.67. The third kappa shape index (κ3) is 4.34. The van der Waals surface area contributed by atoms with E-state index in [0.29, 0.717) is 5.92 Å². The van der Waals surface area contributed by atoms with Gasteiger partial charge in [-0.25, -0.2) is 0 Å². The molecular weight excluding hydrogens is 358 g/mol. The third-order valence-corrected chi connectivity index (χ3v) is 6.17. The van der Waals surface area contributed by atoms with Crippen LogP contribution in [-0.2, 0) is 11.3 Å². The van der Waals surface area contributed by atoms with Crippen LogP contribution in [-0.4, -0.2) is 29.7 Å². The standard InChI is InChI=1S/C26H31NO2/c1-25(2)22-15-17-26(3,29-24(22)21-13-8-9-14-23(21)28-25)16-10-18-27(4)19-20-11-6-5-7-12-20/h5-9,11-14,22,24H,15,17-19H2,1-4H3/t22-,24+,26-/m0/s1. The van der Waals surface area contributed by atoms with Crippen LogP contribution in [0, 0.1) is 17.8 Å². The molecule has 0 amide bonds. The molecule has 0 aliphatic carbocycles. The molecule has 1 fully saturated rings. The predicted octanol–water partition coefficient (Wildman–Crippen LogP) is 5.22. The third-order valence-electron chi connectivity index (χ3n) is 6.17. The van der Waals surface area contributed by atoms with E-state index in [4.69, 9.17) is 9.47 Å². The lowest BCUT2D eigenvalue weighted by Crippen LogP contribution is -2.50. The van der Waals surface area contributed by atoms with E-state index in [9.17, 15) is 0 Å². The van der Waals surface area contributed by atoms with Gasteiger partial charge in [0.05, 0.1) is 12.6 Å². The zero-order valence-corrected chi connectivity index (χ0v) is 17.9. The molecule has 2 aliphatic heterocycles. The number of benzene rings is 2. The molecule has 0 spiro atoms. The van der Waals surface area contributed by atoms with E-state index in [1.165, 1.54) is 5.56 Å². The quantitative estimate of drug-likeness (QED) is 0.672. The van der Waals surface area contributed by atoms with Gasteiger partial charge in [0.2, 0.25) is 0 Å². The average molecular weight is 390 g/mol. The average Bonchev–Trinajstić information content (AvgIpc) is 2.68. The second-order valence-electron chi connectivity index (χ2n) is 9.12. The first-order valence-corrected chi connectivity index (χ1v) is 10.5. The summed E-state index contributed by atoms with van der Waals surface area (Å²) in [6.07, 6.45) is 2.01. The first-order chi connectivity index (χ1) is 13.9. The Bertz CT molecular complexity index is 911. The topological polar surface area (TPSA) is 21.7 Å². The zero-order valence-electron chi connectivity index (χ0n) is 17.9. The van der Waals surface area contributed by atoms with Crippen LogP contribution in [0.2, 0.25) is 0 Å². The van der Waals surface area contributed by atoms with E-state index in [1.807, 2.05) is 18.2 Å². The lowest BCUT2D eigenvalue weighted by atomic mass is 9.73. The van der Waals surface area contributed by atoms with E-state index >= 15 is 0 Å². The molecule has 0 radical (unpaired) electrons. The molecule has 2 heterocycles. The van der Waals surface area contributed by atoms with Gasteiger partial charge in [-0.15, -0.1) is 0 Å². The van der Waals surface area contributed by atoms with Gasteiger partial charge in [-0.05, 0) is 52.3 Å². The van der Waals surface area contributed by atoms with Crippen LogP contribution >= 0.6 is 0 Å². The summed E-state index contributed by atoms with van der Waals surface area (Å²) in [4.78, 5) is 2.24. The molecule has 4 rings (SSSR count). The van der Waals surface area contributed by atoms with Crippen molar-refractivity contribution in [2.45, 2.75) is 57.5 Å². The van der Waals surface area contributed by atoms with Gasteiger partial charge < -0.3 is 9.47 Å². The van der Waals surface area contributed by atoms with Crippen molar-refractivity contribution in [3.8, 4) is 17.6 Å². The number of nitrogens with zero attached hydrogens (tertiary/aromatic N) is 1. The van der Waals surface area contributed by atoms with Crippen molar-refractivity contribution in [2.24, 2.45) is 5.92 Å². The normalized spacial score (nSPS) is 27.2. The molecule has 3 atom stereocenters. The molecule has 3 heteroatoms. The van der Waals surface area contributed by atoms with Crippen molar-refractivity contribution >= 4 is 0 Å². The summed E-state index contributed by atoms with van der Waals surface area (Å²) in [5.41, 5.74) is 1.81. The van der Waals surface area contributed by atoms with Crippen LogP contribution in [0.1, 0.15) is 50.8 Å². The Morgan fingerprint density at radius 2 is 1.76 bits per heavy atom. The molecular formula is C26H31NO2. The van der Waals surface area contributed by atoms with Crippen molar-refractivity contribution in [2.75, 3.05) is 13.6 Å². The fourth-order valence-electron chi connectivity index (χ4n) is 4.57. The number of hydrogen-bond acceptors (Lipinski definition) is 3. The first kappa shape index (κ1) is 20.0. The molecule has 0 aromatic heterocycles. The monoisotopic (exact) mass is 389 g/mol. The molecule has 0 unspecified atom stereocenters. The van der Waals surface area contributed by atoms with Gasteiger partial charge in [-0.3, -0.25) is 4.90 Å². The van der Waals surface area contributed by atoms with Gasteiger partial charge in [-0.1, -0.05) is 60.4 Å². The maximum atomic E-state index is 6.67. The lowest BCUT2D eigenvalue weighted by Gasteiger charge is -2.50. The molecule has 3 nitrogen and oxygen atoms in total. The largest absolute Gasteiger partial charge is 0.487 e. The first-order valence-electron chi connectivity index (χ1n) is 10.5. The van der Waals surface area contributed by atoms with Crippen molar-refractivity contribution in [1.29, 1.82) is 0 Å². The van der Waals surface area contributed by atoms with E-state index < -0.39 is 5.60 Å². The molecule has 2 aromatic rings. The number of hydrogen-bond donors (Lipinski definition) is 0. The van der Waals surface area contributed by atoms with Gasteiger partial charge in [0, 0.05) is 18.0 Å². The summed E-state index contributed by atoms with van der Waals surface area (Å²) in [6.45, 7) is 8.12. The summed E-state index contributed by atoms with van der Waals surface area (Å²) in [7, 11) is 2.11. The fourth-order valence-corrected chi connectivity index (χ4v) is 4.57. The molecule has 1 saturated heterocycles. The highest BCUT2D eigenvalue weighted by Crippen LogP contribution is 2.52. The molecule has 0 bridgehead atoms. The molecule has 29 heavy (non-hydrogen) atoms. The van der Waals surface area contributed by atoms with E-state index in [-0.39, 0.29) is 11.7 Å². The minimum Gasteiger partial charge on any atom is -0.487 e. The summed E-state index contributed by atoms with van der Waals surface area (Å²) >= 11 is 0. The van der Waals surface area contributed by atoms with Crippen LogP contribution in [0.4, 0.5) is 0 Å². The highest BCUT2D eigenvalue weighted by Gasteiger charge is 2.49. The van der Waals surface area contributed by atoms with Gasteiger partial charge >= 0.3 is 0 Å². The highest BCUT2D eigenvalue weighted by atomic mass is 16.5. The summed E-state index contributed by atoms with van der Waals surface area (Å²) in [5.74, 6) is 8.11. The van der Waals surface area contributed by atoms with Crippen LogP contribution in [0.15, 0.2) is 54.6 Å². The Morgan fingerprint density at radius 3 is 2.55 bits per heavy atom. The summed E-state index contributed by atoms with van der Waals surface area (Å²) in [5, 5.41) is 0. The fraction of sp³-hybridized carbons (Fsp3) is 0.462. The Hall–Kier alpha value is -2.28. The Morgan fingerprint density at radius 1 is 1.03 bits per heavy atom. The number of fused-ring (bicyclic) bond motifs is 3. The lowest BCUT2D eigenvalue weighted by molar-refractivity contribution is -0.169. The van der Waals surface area contributed by atoms with Gasteiger partial charge in [0.1, 0.15) is 17.0 Å². The number of para-hydroxylation sites is 1. The van der Waals surface area contributed by atoms with Gasteiger partial charge in [0.15, 0.2) is 0 Å². The number of ether oxygens (including phenoxy) is 2. The summed E-state index contributed by atoms with van der Waals surface area (Å²) in [6, 6.07) is 18.8.